The van der Waals surface area contributed by atoms with Crippen molar-refractivity contribution < 1.29 is 26.8 Å². The van der Waals surface area contributed by atoms with Gasteiger partial charge in [-0.15, -0.1) is 5.10 Å². The molecule has 0 aliphatic heterocycles. The second-order valence-electron chi connectivity index (χ2n) is 6.49. The van der Waals surface area contributed by atoms with Crippen molar-refractivity contribution in [2.75, 3.05) is 6.54 Å². The number of hydrogen-bond donors (Lipinski definition) is 1. The van der Waals surface area contributed by atoms with E-state index in [0.29, 0.717) is 0 Å². The van der Waals surface area contributed by atoms with Gasteiger partial charge in [0.25, 0.3) is 0 Å². The molecule has 1 aromatic carbocycles. The highest BCUT2D eigenvalue weighted by Crippen LogP contribution is 2.17. The molecule has 0 aliphatic carbocycles. The van der Waals surface area contributed by atoms with Crippen LogP contribution in [0, 0.1) is 5.82 Å². The van der Waals surface area contributed by atoms with Crippen LogP contribution in [0.1, 0.15) is 32.2 Å². The fraction of sp³-hybridized carbons (Fsp3) is 0.438. The van der Waals surface area contributed by atoms with E-state index in [2.05, 4.69) is 15.5 Å². The van der Waals surface area contributed by atoms with Gasteiger partial charge in [0.2, 0.25) is 15.7 Å². The van der Waals surface area contributed by atoms with E-state index in [9.17, 15) is 17.6 Å². The first-order valence-electron chi connectivity index (χ1n) is 7.82. The molecule has 0 unspecified atom stereocenters. The van der Waals surface area contributed by atoms with Gasteiger partial charge in [-0.3, -0.25) is 0 Å². The van der Waals surface area contributed by atoms with Gasteiger partial charge in [-0.2, -0.15) is 0 Å². The Balaban J connectivity index is 1.94. The van der Waals surface area contributed by atoms with Crippen LogP contribution in [-0.2, 0) is 26.7 Å². The molecule has 10 heteroatoms. The standard InChI is InChI=1S/C16H20FN3O5S/c1-16(2,3)25-14(21)18-9-8-13-19-20-15(24-13)26(22,23)10-11-6-4-5-7-12(11)17/h4-7H,8-10H2,1-3H3,(H,18,21). The van der Waals surface area contributed by atoms with Crippen LogP contribution in [0.4, 0.5) is 9.18 Å². The van der Waals surface area contributed by atoms with E-state index in [1.54, 1.807) is 20.8 Å². The summed E-state index contributed by atoms with van der Waals surface area (Å²) in [5.41, 5.74) is -0.610. The zero-order valence-corrected chi connectivity index (χ0v) is 15.5. The van der Waals surface area contributed by atoms with Gasteiger partial charge in [-0.25, -0.2) is 17.6 Å². The topological polar surface area (TPSA) is 111 Å². The number of nitrogens with one attached hydrogen (secondary N) is 1. The predicted molar refractivity (Wildman–Crippen MR) is 89.5 cm³/mol. The van der Waals surface area contributed by atoms with Crippen LogP contribution in [0.25, 0.3) is 0 Å². The molecule has 0 bridgehead atoms. The summed E-state index contributed by atoms with van der Waals surface area (Å²) in [5.74, 6) is -1.18. The monoisotopic (exact) mass is 385 g/mol. The van der Waals surface area contributed by atoms with Crippen molar-refractivity contribution in [3.63, 3.8) is 0 Å². The van der Waals surface area contributed by atoms with E-state index in [4.69, 9.17) is 9.15 Å². The van der Waals surface area contributed by atoms with Crippen LogP contribution >= 0.6 is 0 Å². The fourth-order valence-corrected chi connectivity index (χ4v) is 3.09. The van der Waals surface area contributed by atoms with Gasteiger partial charge in [-0.1, -0.05) is 23.3 Å². The Labute approximate surface area is 150 Å². The maximum atomic E-state index is 13.6. The normalized spacial score (nSPS) is 12.0. The molecule has 26 heavy (non-hydrogen) atoms. The first-order chi connectivity index (χ1) is 12.1. The van der Waals surface area contributed by atoms with Crippen molar-refractivity contribution in [2.45, 2.75) is 43.8 Å². The average molecular weight is 385 g/mol. The molecule has 0 spiro atoms. The molecule has 1 aromatic heterocycles. The van der Waals surface area contributed by atoms with Gasteiger partial charge in [0.1, 0.15) is 11.4 Å². The Bertz CT molecular complexity index is 874. The van der Waals surface area contributed by atoms with Crippen molar-refractivity contribution in [1.82, 2.24) is 15.5 Å². The summed E-state index contributed by atoms with van der Waals surface area (Å²) >= 11 is 0. The SMILES string of the molecule is CC(C)(C)OC(=O)NCCc1nnc(S(=O)(=O)Cc2ccccc2F)o1. The van der Waals surface area contributed by atoms with E-state index < -0.39 is 38.3 Å². The van der Waals surface area contributed by atoms with Crippen LogP contribution in [0.15, 0.2) is 33.9 Å². The lowest BCUT2D eigenvalue weighted by molar-refractivity contribution is 0.0527. The minimum Gasteiger partial charge on any atom is -0.444 e. The third-order valence-electron chi connectivity index (χ3n) is 3.02. The quantitative estimate of drug-likeness (QED) is 0.812. The number of halogens is 1. The molecular formula is C16H20FN3O5S. The summed E-state index contributed by atoms with van der Waals surface area (Å²) in [4.78, 5) is 11.5. The molecule has 142 valence electrons. The van der Waals surface area contributed by atoms with Gasteiger partial charge in [0.05, 0.1) is 5.75 Å². The number of rotatable bonds is 6. The number of nitrogens with zero attached hydrogens (tertiary/aromatic N) is 2. The van der Waals surface area contributed by atoms with Gasteiger partial charge >= 0.3 is 11.3 Å². The third kappa shape index (κ3) is 5.80. The number of alkyl carbamates (subject to hydrolysis) is 1. The smallest absolute Gasteiger partial charge is 0.407 e. The highest BCUT2D eigenvalue weighted by Gasteiger charge is 2.24. The molecule has 1 amide bonds. The summed E-state index contributed by atoms with van der Waals surface area (Å²) in [6.07, 6.45) is -0.481. The first-order valence-corrected chi connectivity index (χ1v) is 9.47. The first kappa shape index (κ1) is 19.8. The van der Waals surface area contributed by atoms with Gasteiger partial charge in [0, 0.05) is 18.5 Å². The molecule has 0 saturated heterocycles. The number of aromatic nitrogens is 2. The molecule has 2 rings (SSSR count). The van der Waals surface area contributed by atoms with Crippen molar-refractivity contribution in [3.05, 3.63) is 41.5 Å². The lowest BCUT2D eigenvalue weighted by Crippen LogP contribution is -2.33. The van der Waals surface area contributed by atoms with Crippen LogP contribution in [0.5, 0.6) is 0 Å². The zero-order chi connectivity index (χ0) is 19.4. The highest BCUT2D eigenvalue weighted by atomic mass is 32.2. The maximum absolute atomic E-state index is 13.6. The number of ether oxygens (including phenoxy) is 1. The van der Waals surface area contributed by atoms with Crippen LogP contribution < -0.4 is 5.32 Å². The minimum atomic E-state index is -3.97. The Morgan fingerprint density at radius 2 is 1.96 bits per heavy atom. The summed E-state index contributed by atoms with van der Waals surface area (Å²) in [6, 6.07) is 5.55. The summed E-state index contributed by atoms with van der Waals surface area (Å²) in [6.45, 7) is 5.33. The molecule has 2 aromatic rings. The summed E-state index contributed by atoms with van der Waals surface area (Å²) < 4.78 is 48.3. The molecule has 0 aliphatic rings. The molecule has 0 radical (unpaired) electrons. The van der Waals surface area contributed by atoms with Crippen LogP contribution in [-0.4, -0.2) is 36.9 Å². The van der Waals surface area contributed by atoms with E-state index in [1.165, 1.54) is 24.3 Å². The Morgan fingerprint density at radius 3 is 2.62 bits per heavy atom. The molecule has 8 nitrogen and oxygen atoms in total. The van der Waals surface area contributed by atoms with Crippen molar-refractivity contribution in [3.8, 4) is 0 Å². The fourth-order valence-electron chi connectivity index (χ4n) is 1.93. The lowest BCUT2D eigenvalue weighted by atomic mass is 10.2. The number of sulfone groups is 1. The van der Waals surface area contributed by atoms with Crippen molar-refractivity contribution >= 4 is 15.9 Å². The average Bonchev–Trinajstić information content (AvgIpc) is 2.97. The van der Waals surface area contributed by atoms with Crippen LogP contribution in [0.3, 0.4) is 0 Å². The number of carbonyl (C=O) groups is 1. The third-order valence-corrected chi connectivity index (χ3v) is 4.41. The largest absolute Gasteiger partial charge is 0.444 e. The molecule has 1 heterocycles. The molecule has 0 fully saturated rings. The molecule has 0 atom stereocenters. The van der Waals surface area contributed by atoms with E-state index in [-0.39, 0.29) is 24.4 Å². The lowest BCUT2D eigenvalue weighted by Gasteiger charge is -2.19. The number of amides is 1. The van der Waals surface area contributed by atoms with E-state index in [1.807, 2.05) is 0 Å². The second-order valence-corrected chi connectivity index (χ2v) is 8.36. The maximum Gasteiger partial charge on any atom is 0.407 e. The molecule has 1 N–H and O–H groups in total. The molecular weight excluding hydrogens is 365 g/mol. The highest BCUT2D eigenvalue weighted by molar-refractivity contribution is 7.90. The Morgan fingerprint density at radius 1 is 1.27 bits per heavy atom. The minimum absolute atomic E-state index is 0.0128. The number of carbonyl (C=O) groups excluding carboxylic acids is 1. The predicted octanol–water partition coefficient (Wildman–Crippen LogP) is 2.25. The zero-order valence-electron chi connectivity index (χ0n) is 14.7. The van der Waals surface area contributed by atoms with Crippen molar-refractivity contribution in [1.29, 1.82) is 0 Å². The summed E-state index contributed by atoms with van der Waals surface area (Å²) in [7, 11) is -3.97. The van der Waals surface area contributed by atoms with E-state index in [0.717, 1.165) is 0 Å². The van der Waals surface area contributed by atoms with Gasteiger partial charge in [0.15, 0.2) is 0 Å². The second kappa shape index (κ2) is 7.81. The van der Waals surface area contributed by atoms with Gasteiger partial charge < -0.3 is 14.5 Å². The van der Waals surface area contributed by atoms with Crippen molar-refractivity contribution in [2.24, 2.45) is 0 Å². The van der Waals surface area contributed by atoms with E-state index >= 15 is 0 Å². The number of benzene rings is 1. The Hall–Kier alpha value is -2.49. The molecule has 0 saturated carbocycles. The van der Waals surface area contributed by atoms with Crippen LogP contribution in [0.2, 0.25) is 0 Å². The van der Waals surface area contributed by atoms with Gasteiger partial charge in [-0.05, 0) is 26.8 Å². The summed E-state index contributed by atoms with van der Waals surface area (Å²) in [5, 5.41) is 9.04. The Kier molecular flexibility index (Phi) is 5.96. The number of hydrogen-bond acceptors (Lipinski definition) is 7.